The summed E-state index contributed by atoms with van der Waals surface area (Å²) in [7, 11) is 0. The first kappa shape index (κ1) is 19.7. The highest BCUT2D eigenvalue weighted by molar-refractivity contribution is 7.19. The number of rotatable bonds is 7. The Labute approximate surface area is 163 Å². The number of benzene rings is 1. The van der Waals surface area contributed by atoms with Crippen LogP contribution in [0.1, 0.15) is 31.5 Å². The van der Waals surface area contributed by atoms with Crippen LogP contribution in [0.3, 0.4) is 0 Å². The summed E-state index contributed by atoms with van der Waals surface area (Å²) in [5.41, 5.74) is 1.75. The van der Waals surface area contributed by atoms with Crippen molar-refractivity contribution in [2.24, 2.45) is 0 Å². The number of fused-ring (bicyclic) bond motifs is 1. The van der Waals surface area contributed by atoms with Crippen LogP contribution in [0.4, 0.5) is 4.39 Å². The van der Waals surface area contributed by atoms with E-state index in [-0.39, 0.29) is 11.4 Å². The lowest BCUT2D eigenvalue weighted by Crippen LogP contribution is -2.33. The Kier molecular flexibility index (Phi) is 6.07. The predicted octanol–water partition coefficient (Wildman–Crippen LogP) is 4.48. The molecule has 0 unspecified atom stereocenters. The van der Waals surface area contributed by atoms with Gasteiger partial charge in [-0.3, -0.25) is 9.36 Å². The average molecular weight is 388 g/mol. The number of aromatic nitrogens is 2. The number of hydrogen-bond acceptors (Lipinski definition) is 4. The highest BCUT2D eigenvalue weighted by Gasteiger charge is 2.19. The van der Waals surface area contributed by atoms with Crippen LogP contribution in [0.15, 0.2) is 29.1 Å². The summed E-state index contributed by atoms with van der Waals surface area (Å²) >= 11 is 1.53. The molecular formula is C21H26FN3OS. The van der Waals surface area contributed by atoms with Crippen molar-refractivity contribution in [1.29, 1.82) is 0 Å². The van der Waals surface area contributed by atoms with Crippen LogP contribution in [-0.4, -0.2) is 34.1 Å². The molecule has 144 valence electrons. The molecule has 0 spiro atoms. The maximum atomic E-state index is 13.4. The molecule has 0 saturated heterocycles. The van der Waals surface area contributed by atoms with E-state index in [2.05, 4.69) is 18.7 Å². The van der Waals surface area contributed by atoms with Crippen LogP contribution in [-0.2, 0) is 13.0 Å². The minimum absolute atomic E-state index is 0.00711. The maximum absolute atomic E-state index is 13.4. The van der Waals surface area contributed by atoms with Crippen LogP contribution < -0.4 is 5.56 Å². The highest BCUT2D eigenvalue weighted by Crippen LogP contribution is 2.35. The SMILES string of the molecule is CCc1nc2sc(C)c(-c3ccc(F)cc3)c2c(=O)n1CCN(CC)CC. The molecule has 0 amide bonds. The van der Waals surface area contributed by atoms with Gasteiger partial charge in [0.1, 0.15) is 16.5 Å². The van der Waals surface area contributed by atoms with Crippen LogP contribution >= 0.6 is 11.3 Å². The first-order valence-electron chi connectivity index (χ1n) is 9.51. The van der Waals surface area contributed by atoms with Crippen LogP contribution in [0, 0.1) is 12.7 Å². The molecule has 0 bridgehead atoms. The van der Waals surface area contributed by atoms with E-state index in [0.717, 1.165) is 46.3 Å². The molecule has 0 atom stereocenters. The van der Waals surface area contributed by atoms with Gasteiger partial charge in [0.25, 0.3) is 5.56 Å². The molecule has 0 aliphatic rings. The summed E-state index contributed by atoms with van der Waals surface area (Å²) in [6.07, 6.45) is 0.715. The number of thiophene rings is 1. The second-order valence-corrected chi connectivity index (χ2v) is 7.79. The predicted molar refractivity (Wildman–Crippen MR) is 111 cm³/mol. The van der Waals surface area contributed by atoms with Crippen molar-refractivity contribution in [1.82, 2.24) is 14.5 Å². The van der Waals surface area contributed by atoms with Crippen LogP contribution in [0.2, 0.25) is 0 Å². The number of aryl methyl sites for hydroxylation is 2. The van der Waals surface area contributed by atoms with Gasteiger partial charge in [0.2, 0.25) is 0 Å². The Morgan fingerprint density at radius 3 is 2.41 bits per heavy atom. The molecule has 0 N–H and O–H groups in total. The third-order valence-electron chi connectivity index (χ3n) is 5.05. The second kappa shape index (κ2) is 8.31. The van der Waals surface area contributed by atoms with Gasteiger partial charge in [0, 0.05) is 30.0 Å². The van der Waals surface area contributed by atoms with Gasteiger partial charge in [0.05, 0.1) is 5.39 Å². The maximum Gasteiger partial charge on any atom is 0.262 e. The van der Waals surface area contributed by atoms with E-state index in [0.29, 0.717) is 18.4 Å². The lowest BCUT2D eigenvalue weighted by molar-refractivity contribution is 0.287. The monoisotopic (exact) mass is 387 g/mol. The zero-order chi connectivity index (χ0) is 19.6. The Balaban J connectivity index is 2.16. The van der Waals surface area contributed by atoms with Crippen molar-refractivity contribution in [2.75, 3.05) is 19.6 Å². The molecule has 6 heteroatoms. The van der Waals surface area contributed by atoms with E-state index in [4.69, 9.17) is 4.98 Å². The number of halogens is 1. The summed E-state index contributed by atoms with van der Waals surface area (Å²) < 4.78 is 15.2. The molecule has 0 saturated carbocycles. The standard InChI is InChI=1S/C21H26FN3OS/c1-5-17-23-20-19(21(26)25(17)13-12-24(6-2)7-3)18(14(4)27-20)15-8-10-16(22)11-9-15/h8-11H,5-7,12-13H2,1-4H3. The van der Waals surface area contributed by atoms with E-state index in [1.54, 1.807) is 12.1 Å². The molecule has 4 nitrogen and oxygen atoms in total. The summed E-state index contributed by atoms with van der Waals surface area (Å²) in [5.74, 6) is 0.547. The Bertz CT molecular complexity index is 987. The average Bonchev–Trinajstić information content (AvgIpc) is 3.00. The van der Waals surface area contributed by atoms with Crippen molar-refractivity contribution in [3.63, 3.8) is 0 Å². The summed E-state index contributed by atoms with van der Waals surface area (Å²) in [6.45, 7) is 11.7. The van der Waals surface area contributed by atoms with Crippen molar-refractivity contribution < 1.29 is 4.39 Å². The molecule has 2 heterocycles. The topological polar surface area (TPSA) is 38.1 Å². The Morgan fingerprint density at radius 1 is 1.15 bits per heavy atom. The fourth-order valence-corrected chi connectivity index (χ4v) is 4.54. The minimum atomic E-state index is -0.279. The van der Waals surface area contributed by atoms with Crippen molar-refractivity contribution in [3.05, 3.63) is 51.1 Å². The molecule has 27 heavy (non-hydrogen) atoms. The zero-order valence-corrected chi connectivity index (χ0v) is 17.2. The molecule has 0 aliphatic carbocycles. The van der Waals surface area contributed by atoms with Crippen molar-refractivity contribution in [3.8, 4) is 11.1 Å². The van der Waals surface area contributed by atoms with Gasteiger partial charge < -0.3 is 4.90 Å². The summed E-state index contributed by atoms with van der Waals surface area (Å²) in [5, 5.41) is 0.654. The van der Waals surface area contributed by atoms with Gasteiger partial charge in [0.15, 0.2) is 0 Å². The van der Waals surface area contributed by atoms with E-state index in [1.807, 2.05) is 18.4 Å². The second-order valence-electron chi connectivity index (χ2n) is 6.59. The van der Waals surface area contributed by atoms with E-state index >= 15 is 0 Å². The lowest BCUT2D eigenvalue weighted by Gasteiger charge is -2.19. The lowest BCUT2D eigenvalue weighted by atomic mass is 10.0. The largest absolute Gasteiger partial charge is 0.302 e. The van der Waals surface area contributed by atoms with Gasteiger partial charge in [-0.15, -0.1) is 11.3 Å². The molecule has 0 radical (unpaired) electrons. The number of hydrogen-bond donors (Lipinski definition) is 0. The van der Waals surface area contributed by atoms with Crippen LogP contribution in [0.25, 0.3) is 21.3 Å². The smallest absolute Gasteiger partial charge is 0.262 e. The normalized spacial score (nSPS) is 11.6. The zero-order valence-electron chi connectivity index (χ0n) is 16.4. The van der Waals surface area contributed by atoms with Gasteiger partial charge in [-0.05, 0) is 37.7 Å². The molecule has 1 aromatic carbocycles. The number of likely N-dealkylation sites (N-methyl/N-ethyl adjacent to an activating group) is 1. The van der Waals surface area contributed by atoms with Gasteiger partial charge in [-0.2, -0.15) is 0 Å². The number of nitrogens with zero attached hydrogens (tertiary/aromatic N) is 3. The fourth-order valence-electron chi connectivity index (χ4n) is 3.48. The molecule has 2 aromatic heterocycles. The van der Waals surface area contributed by atoms with E-state index in [9.17, 15) is 9.18 Å². The summed E-state index contributed by atoms with van der Waals surface area (Å²) in [6, 6.07) is 6.34. The fraction of sp³-hybridized carbons (Fsp3) is 0.429. The first-order valence-corrected chi connectivity index (χ1v) is 10.3. The van der Waals surface area contributed by atoms with Gasteiger partial charge in [-0.1, -0.05) is 32.9 Å². The Hall–Kier alpha value is -2.05. The van der Waals surface area contributed by atoms with Gasteiger partial charge in [-0.25, -0.2) is 9.37 Å². The van der Waals surface area contributed by atoms with Gasteiger partial charge >= 0.3 is 0 Å². The summed E-state index contributed by atoms with van der Waals surface area (Å²) in [4.78, 5) is 22.3. The third-order valence-corrected chi connectivity index (χ3v) is 6.05. The molecule has 0 aliphatic heterocycles. The molecular weight excluding hydrogens is 361 g/mol. The highest BCUT2D eigenvalue weighted by atomic mass is 32.1. The van der Waals surface area contributed by atoms with Crippen LogP contribution in [0.5, 0.6) is 0 Å². The van der Waals surface area contributed by atoms with E-state index in [1.165, 1.54) is 23.5 Å². The Morgan fingerprint density at radius 2 is 1.81 bits per heavy atom. The molecule has 3 aromatic rings. The molecule has 0 fully saturated rings. The van der Waals surface area contributed by atoms with E-state index < -0.39 is 0 Å². The quantitative estimate of drug-likeness (QED) is 0.600. The first-order chi connectivity index (χ1) is 13.0. The molecule has 3 rings (SSSR count). The minimum Gasteiger partial charge on any atom is -0.302 e. The van der Waals surface area contributed by atoms with Crippen molar-refractivity contribution >= 4 is 21.6 Å². The van der Waals surface area contributed by atoms with Crippen molar-refractivity contribution in [2.45, 2.75) is 40.7 Å². The third kappa shape index (κ3) is 3.82.